The molecule has 2 aliphatic heterocycles. The predicted molar refractivity (Wildman–Crippen MR) is 182 cm³/mol. The van der Waals surface area contributed by atoms with Crippen LogP contribution in [-0.2, 0) is 27.3 Å². The van der Waals surface area contributed by atoms with Crippen molar-refractivity contribution >= 4 is 30.8 Å². The molecule has 0 aromatic heterocycles. The van der Waals surface area contributed by atoms with Gasteiger partial charge in [-0.05, 0) is 66.1 Å². The molecule has 2 aliphatic rings. The SMILES string of the molecule is COc1ccc([Si](C)(C)[C@H]2[C@H](C)[C@H](CCc3ccc(N4CCCC4=O)cc3)O[C@@H]2CC(=O)N(CCO)Cc2ccccc2)cc1. The van der Waals surface area contributed by atoms with E-state index in [9.17, 15) is 14.7 Å². The lowest BCUT2D eigenvalue weighted by atomic mass is 9.95. The summed E-state index contributed by atoms with van der Waals surface area (Å²) in [7, 11) is -0.436. The van der Waals surface area contributed by atoms with Crippen LogP contribution in [0.25, 0.3) is 0 Å². The van der Waals surface area contributed by atoms with Crippen molar-refractivity contribution in [3.05, 3.63) is 90.0 Å². The number of carbonyl (C=O) groups is 2. The number of benzene rings is 3. The number of nitrogens with zero attached hydrogens (tertiary/aromatic N) is 2. The molecule has 8 heteroatoms. The van der Waals surface area contributed by atoms with Gasteiger partial charge in [0.2, 0.25) is 11.8 Å². The Morgan fingerprint density at radius 1 is 1.00 bits per heavy atom. The molecule has 2 saturated heterocycles. The second-order valence-electron chi connectivity index (χ2n) is 13.1. The van der Waals surface area contributed by atoms with E-state index in [0.29, 0.717) is 25.9 Å². The smallest absolute Gasteiger partial charge is 0.227 e. The van der Waals surface area contributed by atoms with E-state index in [1.165, 1.54) is 10.8 Å². The number of anilines is 1. The van der Waals surface area contributed by atoms with Crippen molar-refractivity contribution in [3.8, 4) is 5.75 Å². The lowest BCUT2D eigenvalue weighted by Gasteiger charge is -2.36. The van der Waals surface area contributed by atoms with E-state index in [-0.39, 0.29) is 42.1 Å². The van der Waals surface area contributed by atoms with Gasteiger partial charge >= 0.3 is 0 Å². The van der Waals surface area contributed by atoms with E-state index in [1.54, 1.807) is 12.0 Å². The van der Waals surface area contributed by atoms with Gasteiger partial charge in [-0.25, -0.2) is 0 Å². The van der Waals surface area contributed by atoms with Gasteiger partial charge in [0.15, 0.2) is 0 Å². The number of amides is 2. The summed E-state index contributed by atoms with van der Waals surface area (Å²) in [6.45, 7) is 8.57. The first-order valence-corrected chi connectivity index (χ1v) is 19.4. The molecule has 2 heterocycles. The van der Waals surface area contributed by atoms with Crippen LogP contribution in [-0.4, -0.2) is 68.9 Å². The zero-order valence-corrected chi connectivity index (χ0v) is 28.2. The number of aliphatic hydroxyl groups excluding tert-OH is 1. The van der Waals surface area contributed by atoms with Crippen LogP contribution < -0.4 is 14.8 Å². The maximum atomic E-state index is 13.8. The molecule has 0 unspecified atom stereocenters. The number of hydrogen-bond acceptors (Lipinski definition) is 5. The summed E-state index contributed by atoms with van der Waals surface area (Å²) < 4.78 is 12.3. The van der Waals surface area contributed by atoms with Crippen molar-refractivity contribution in [2.45, 2.75) is 76.4 Å². The van der Waals surface area contributed by atoms with Crippen molar-refractivity contribution in [1.82, 2.24) is 4.90 Å². The molecule has 2 amide bonds. The van der Waals surface area contributed by atoms with Crippen molar-refractivity contribution in [1.29, 1.82) is 0 Å². The van der Waals surface area contributed by atoms with Gasteiger partial charge in [-0.1, -0.05) is 79.8 Å². The largest absolute Gasteiger partial charge is 0.497 e. The Morgan fingerprint density at radius 2 is 1.71 bits per heavy atom. The van der Waals surface area contributed by atoms with Crippen molar-refractivity contribution in [3.63, 3.8) is 0 Å². The highest BCUT2D eigenvalue weighted by molar-refractivity contribution is 6.91. The first-order valence-electron chi connectivity index (χ1n) is 16.3. The molecule has 0 spiro atoms. The molecule has 2 fully saturated rings. The van der Waals surface area contributed by atoms with Gasteiger partial charge in [0.05, 0.1) is 40.4 Å². The second-order valence-corrected chi connectivity index (χ2v) is 17.8. The zero-order chi connectivity index (χ0) is 32.0. The zero-order valence-electron chi connectivity index (χ0n) is 27.2. The summed E-state index contributed by atoms with van der Waals surface area (Å²) in [5.74, 6) is 1.33. The lowest BCUT2D eigenvalue weighted by molar-refractivity contribution is -0.135. The maximum Gasteiger partial charge on any atom is 0.227 e. The van der Waals surface area contributed by atoms with Gasteiger partial charge in [0.1, 0.15) is 5.75 Å². The van der Waals surface area contributed by atoms with Gasteiger partial charge in [0.25, 0.3) is 0 Å². The van der Waals surface area contributed by atoms with Crippen LogP contribution in [0.4, 0.5) is 5.69 Å². The number of methoxy groups -OCH3 is 1. The van der Waals surface area contributed by atoms with Crippen LogP contribution >= 0.6 is 0 Å². The average Bonchev–Trinajstić information content (AvgIpc) is 3.62. The lowest BCUT2D eigenvalue weighted by Crippen LogP contribution is -2.51. The highest BCUT2D eigenvalue weighted by atomic mass is 28.3. The highest BCUT2D eigenvalue weighted by Crippen LogP contribution is 2.46. The van der Waals surface area contributed by atoms with Gasteiger partial charge < -0.3 is 24.4 Å². The molecule has 0 saturated carbocycles. The maximum absolute atomic E-state index is 13.8. The van der Waals surface area contributed by atoms with Crippen LogP contribution in [0.1, 0.15) is 43.7 Å². The predicted octanol–water partition coefficient (Wildman–Crippen LogP) is 5.56. The van der Waals surface area contributed by atoms with E-state index in [1.807, 2.05) is 47.4 Å². The first kappa shape index (κ1) is 32.9. The van der Waals surface area contributed by atoms with Gasteiger partial charge in [0, 0.05) is 31.7 Å². The van der Waals surface area contributed by atoms with Crippen LogP contribution in [0.5, 0.6) is 5.75 Å². The average molecular weight is 629 g/mol. The third-order valence-corrected chi connectivity index (χ3v) is 14.3. The molecular weight excluding hydrogens is 581 g/mol. The van der Waals surface area contributed by atoms with Gasteiger partial charge in [-0.15, -0.1) is 0 Å². The van der Waals surface area contributed by atoms with Crippen LogP contribution in [0.3, 0.4) is 0 Å². The molecule has 45 heavy (non-hydrogen) atoms. The minimum absolute atomic E-state index is 0.0160. The second kappa shape index (κ2) is 14.8. The summed E-state index contributed by atoms with van der Waals surface area (Å²) in [6, 6.07) is 26.8. The number of carbonyl (C=O) groups excluding carboxylic acids is 2. The molecule has 0 bridgehead atoms. The summed E-state index contributed by atoms with van der Waals surface area (Å²) in [5, 5.41) is 11.1. The third-order valence-electron chi connectivity index (χ3n) is 9.92. The summed E-state index contributed by atoms with van der Waals surface area (Å²) >= 11 is 0. The Kier molecular flexibility index (Phi) is 10.8. The molecule has 0 aliphatic carbocycles. The fourth-order valence-electron chi connectivity index (χ4n) is 7.43. The summed E-state index contributed by atoms with van der Waals surface area (Å²) in [6.07, 6.45) is 3.39. The molecule has 3 aromatic rings. The third kappa shape index (κ3) is 7.68. The monoisotopic (exact) mass is 628 g/mol. The Morgan fingerprint density at radius 3 is 2.33 bits per heavy atom. The minimum Gasteiger partial charge on any atom is -0.497 e. The number of aliphatic hydroxyl groups is 1. The van der Waals surface area contributed by atoms with Crippen molar-refractivity contribution in [2.24, 2.45) is 5.92 Å². The van der Waals surface area contributed by atoms with Gasteiger partial charge in [-0.2, -0.15) is 0 Å². The molecule has 3 aromatic carbocycles. The number of aryl methyl sites for hydroxylation is 1. The Hall–Kier alpha value is -3.46. The van der Waals surface area contributed by atoms with E-state index in [4.69, 9.17) is 9.47 Å². The summed E-state index contributed by atoms with van der Waals surface area (Å²) in [5.41, 5.74) is 3.47. The molecular formula is C37H48N2O5Si. The Bertz CT molecular complexity index is 1410. The quantitative estimate of drug-likeness (QED) is 0.251. The van der Waals surface area contributed by atoms with Crippen LogP contribution in [0.2, 0.25) is 18.6 Å². The topological polar surface area (TPSA) is 79.3 Å². The minimum atomic E-state index is -2.12. The van der Waals surface area contributed by atoms with Crippen molar-refractivity contribution in [2.75, 3.05) is 31.7 Å². The molecule has 7 nitrogen and oxygen atoms in total. The Balaban J connectivity index is 1.34. The van der Waals surface area contributed by atoms with E-state index in [0.717, 1.165) is 42.8 Å². The van der Waals surface area contributed by atoms with E-state index in [2.05, 4.69) is 56.4 Å². The van der Waals surface area contributed by atoms with Crippen molar-refractivity contribution < 1.29 is 24.2 Å². The first-order chi connectivity index (χ1) is 21.7. The fourth-order valence-corrected chi connectivity index (χ4v) is 11.5. The summed E-state index contributed by atoms with van der Waals surface area (Å²) in [4.78, 5) is 29.7. The van der Waals surface area contributed by atoms with Crippen LogP contribution in [0, 0.1) is 5.92 Å². The van der Waals surface area contributed by atoms with Crippen LogP contribution in [0.15, 0.2) is 78.9 Å². The fraction of sp³-hybridized carbons (Fsp3) is 0.459. The number of hydrogen-bond donors (Lipinski definition) is 1. The molecule has 4 atom stereocenters. The van der Waals surface area contributed by atoms with Gasteiger partial charge in [-0.3, -0.25) is 9.59 Å². The highest BCUT2D eigenvalue weighted by Gasteiger charge is 2.51. The Labute approximate surface area is 269 Å². The number of rotatable bonds is 13. The molecule has 5 rings (SSSR count). The molecule has 1 N–H and O–H groups in total. The molecule has 0 radical (unpaired) electrons. The normalized spacial score (nSPS) is 21.7. The van der Waals surface area contributed by atoms with E-state index < -0.39 is 8.07 Å². The standard InChI is InChI=1S/C37H48N2O5Si/c1-27-33(21-14-28-12-15-30(16-13-28)39-22-8-11-35(39)41)44-34(37(27)45(3,4)32-19-17-31(43-2)18-20-32)25-36(42)38(23-24-40)26-29-9-6-5-7-10-29/h5-7,9-10,12-13,15-20,27,33-34,37,40H,8,11,14,21-26H2,1-4H3/t27-,33+,34-,37+/m1/s1. The molecule has 240 valence electrons. The number of ether oxygens (including phenoxy) is 2. The van der Waals surface area contributed by atoms with E-state index >= 15 is 0 Å².